The lowest BCUT2D eigenvalue weighted by Crippen LogP contribution is -2.07. The zero-order valence-corrected chi connectivity index (χ0v) is 10.8. The molecule has 0 spiro atoms. The van der Waals surface area contributed by atoms with Gasteiger partial charge >= 0.3 is 5.69 Å². The van der Waals surface area contributed by atoms with Crippen LogP contribution in [0.1, 0.15) is 21.7 Å². The summed E-state index contributed by atoms with van der Waals surface area (Å²) in [6, 6.07) is 6.49. The van der Waals surface area contributed by atoms with Crippen molar-refractivity contribution in [3.8, 4) is 0 Å². The van der Waals surface area contributed by atoms with Crippen LogP contribution in [0.2, 0.25) is 0 Å². The molecule has 1 aromatic heterocycles. The van der Waals surface area contributed by atoms with E-state index in [-0.39, 0.29) is 11.5 Å². The van der Waals surface area contributed by atoms with Crippen molar-refractivity contribution < 1.29 is 9.35 Å². The minimum absolute atomic E-state index is 0.255. The van der Waals surface area contributed by atoms with Crippen molar-refractivity contribution in [3.63, 3.8) is 0 Å². The van der Waals surface area contributed by atoms with Gasteiger partial charge < -0.3 is 14.5 Å². The van der Waals surface area contributed by atoms with E-state index in [2.05, 4.69) is 9.97 Å². The fraction of sp³-hybridized carbons (Fsp3) is 0.167. The first-order chi connectivity index (χ1) is 8.49. The van der Waals surface area contributed by atoms with Crippen LogP contribution in [0.25, 0.3) is 0 Å². The smallest absolute Gasteiger partial charge is 0.323 e. The van der Waals surface area contributed by atoms with Gasteiger partial charge in [0.25, 0.3) is 0 Å². The van der Waals surface area contributed by atoms with E-state index >= 15 is 0 Å². The Hall–Kier alpha value is -1.79. The number of nitrogens with one attached hydrogen (secondary N) is 2. The Labute approximate surface area is 106 Å². The van der Waals surface area contributed by atoms with Gasteiger partial charge in [0.05, 0.1) is 0 Å². The molecule has 0 aliphatic carbocycles. The molecule has 1 atom stereocenters. The third-order valence-corrected chi connectivity index (χ3v) is 3.53. The SMILES string of the molecule is Cc1[nH]c(=O)[nH]c1C(=O)c1ccc([S@@+](C)[O-])cc1. The van der Waals surface area contributed by atoms with Crippen molar-refractivity contribution >= 4 is 17.0 Å². The van der Waals surface area contributed by atoms with Crippen molar-refractivity contribution in [2.24, 2.45) is 0 Å². The summed E-state index contributed by atoms with van der Waals surface area (Å²) in [5.74, 6) is -0.265. The highest BCUT2D eigenvalue weighted by Gasteiger charge is 2.15. The number of H-pyrrole nitrogens is 2. The van der Waals surface area contributed by atoms with Gasteiger partial charge in [-0.2, -0.15) is 0 Å². The van der Waals surface area contributed by atoms with Gasteiger partial charge in [-0.3, -0.25) is 4.79 Å². The number of aromatic amines is 2. The lowest BCUT2D eigenvalue weighted by Gasteiger charge is -2.04. The zero-order valence-electron chi connectivity index (χ0n) is 9.94. The van der Waals surface area contributed by atoms with Crippen LogP contribution in [-0.2, 0) is 11.2 Å². The summed E-state index contributed by atoms with van der Waals surface area (Å²) in [7, 11) is 0. The molecule has 0 bridgehead atoms. The maximum Gasteiger partial charge on any atom is 0.323 e. The van der Waals surface area contributed by atoms with Gasteiger partial charge in [0, 0.05) is 11.3 Å². The Balaban J connectivity index is 2.34. The van der Waals surface area contributed by atoms with Gasteiger partial charge in [0.15, 0.2) is 4.90 Å². The number of hydrogen-bond donors (Lipinski definition) is 2. The lowest BCUT2D eigenvalue weighted by molar-refractivity contribution is 0.103. The number of aromatic nitrogens is 2. The molecule has 18 heavy (non-hydrogen) atoms. The number of rotatable bonds is 3. The van der Waals surface area contributed by atoms with Gasteiger partial charge in [0.2, 0.25) is 5.78 Å². The highest BCUT2D eigenvalue weighted by molar-refractivity contribution is 7.90. The first-order valence-corrected chi connectivity index (χ1v) is 6.82. The Morgan fingerprint density at radius 1 is 1.22 bits per heavy atom. The molecular formula is C12H12N2O3S. The second-order valence-corrected chi connectivity index (χ2v) is 5.27. The van der Waals surface area contributed by atoms with Crippen molar-refractivity contribution in [2.45, 2.75) is 11.8 Å². The maximum atomic E-state index is 12.1. The highest BCUT2D eigenvalue weighted by Crippen LogP contribution is 2.13. The minimum atomic E-state index is -1.07. The highest BCUT2D eigenvalue weighted by atomic mass is 32.2. The zero-order chi connectivity index (χ0) is 13.3. The monoisotopic (exact) mass is 264 g/mol. The van der Waals surface area contributed by atoms with Crippen LogP contribution in [0.4, 0.5) is 0 Å². The molecule has 0 saturated heterocycles. The van der Waals surface area contributed by atoms with E-state index in [1.54, 1.807) is 37.4 Å². The second-order valence-electron chi connectivity index (χ2n) is 3.89. The second kappa shape index (κ2) is 4.83. The average Bonchev–Trinajstić information content (AvgIpc) is 2.67. The molecule has 0 radical (unpaired) electrons. The first-order valence-electron chi connectivity index (χ1n) is 5.26. The summed E-state index contributed by atoms with van der Waals surface area (Å²) < 4.78 is 11.2. The van der Waals surface area contributed by atoms with Crippen molar-refractivity contribution in [2.75, 3.05) is 6.26 Å². The molecule has 2 rings (SSSR count). The summed E-state index contributed by atoms with van der Waals surface area (Å²) in [5.41, 5.74) is 0.809. The van der Waals surface area contributed by atoms with E-state index in [0.29, 0.717) is 16.2 Å². The van der Waals surface area contributed by atoms with Crippen molar-refractivity contribution in [1.82, 2.24) is 9.97 Å². The summed E-state index contributed by atoms with van der Waals surface area (Å²) in [6.45, 7) is 1.65. The lowest BCUT2D eigenvalue weighted by atomic mass is 10.1. The summed E-state index contributed by atoms with van der Waals surface area (Å²) in [5, 5.41) is 0. The van der Waals surface area contributed by atoms with Gasteiger partial charge in [-0.05, 0) is 42.4 Å². The number of aryl methyl sites for hydroxylation is 1. The molecule has 5 nitrogen and oxygen atoms in total. The predicted octanol–water partition coefficient (Wildman–Crippen LogP) is 0.980. The minimum Gasteiger partial charge on any atom is -0.612 e. The fourth-order valence-electron chi connectivity index (χ4n) is 1.64. The van der Waals surface area contributed by atoms with E-state index in [1.165, 1.54) is 0 Å². The molecule has 2 N–H and O–H groups in total. The molecule has 0 fully saturated rings. The quantitative estimate of drug-likeness (QED) is 0.639. The number of imidazole rings is 1. The van der Waals surface area contributed by atoms with Crippen LogP contribution in [0, 0.1) is 6.92 Å². The Morgan fingerprint density at radius 3 is 2.28 bits per heavy atom. The Bertz CT molecular complexity index is 626. The Kier molecular flexibility index (Phi) is 3.40. The normalized spacial score (nSPS) is 12.4. The van der Waals surface area contributed by atoms with E-state index in [0.717, 1.165) is 0 Å². The predicted molar refractivity (Wildman–Crippen MR) is 68.4 cm³/mol. The van der Waals surface area contributed by atoms with Gasteiger partial charge in [0.1, 0.15) is 11.9 Å². The molecule has 0 saturated carbocycles. The fourth-order valence-corrected chi connectivity index (χ4v) is 2.16. The first kappa shape index (κ1) is 12.7. The van der Waals surface area contributed by atoms with Crippen LogP contribution in [0.15, 0.2) is 34.0 Å². The third kappa shape index (κ3) is 2.39. The van der Waals surface area contributed by atoms with Crippen LogP contribution in [0.5, 0.6) is 0 Å². The van der Waals surface area contributed by atoms with Gasteiger partial charge in [-0.15, -0.1) is 0 Å². The Morgan fingerprint density at radius 2 is 1.83 bits per heavy atom. The number of benzene rings is 1. The standard InChI is InChI=1S/C12H12N2O3S/c1-7-10(14-12(16)13-7)11(15)8-3-5-9(6-4-8)18(2)17/h3-6H,1-2H3,(H2,13,14,16)/t18-/m1/s1. The summed E-state index contributed by atoms with van der Waals surface area (Å²) in [6.07, 6.45) is 1.57. The molecule has 94 valence electrons. The van der Waals surface area contributed by atoms with Crippen molar-refractivity contribution in [3.05, 3.63) is 51.7 Å². The largest absolute Gasteiger partial charge is 0.612 e. The number of ketones is 1. The molecule has 0 unspecified atom stereocenters. The number of carbonyl (C=O) groups excluding carboxylic acids is 1. The van der Waals surface area contributed by atoms with Crippen molar-refractivity contribution in [1.29, 1.82) is 0 Å². The van der Waals surface area contributed by atoms with E-state index in [1.807, 2.05) is 0 Å². The van der Waals surface area contributed by atoms with E-state index < -0.39 is 16.9 Å². The molecule has 1 heterocycles. The van der Waals surface area contributed by atoms with Crippen LogP contribution in [-0.4, -0.2) is 26.6 Å². The summed E-state index contributed by atoms with van der Waals surface area (Å²) >= 11 is -1.07. The topological polar surface area (TPSA) is 88.8 Å². The molecule has 0 aliphatic heterocycles. The molecule has 0 aliphatic rings. The molecule has 6 heteroatoms. The maximum absolute atomic E-state index is 12.1. The average molecular weight is 264 g/mol. The van der Waals surface area contributed by atoms with E-state index in [9.17, 15) is 14.1 Å². The van der Waals surface area contributed by atoms with Crippen LogP contribution >= 0.6 is 0 Å². The van der Waals surface area contributed by atoms with Gasteiger partial charge in [-0.1, -0.05) is 0 Å². The molecule has 2 aromatic rings. The number of carbonyl (C=O) groups is 1. The molecule has 0 amide bonds. The van der Waals surface area contributed by atoms with Gasteiger partial charge in [-0.25, -0.2) is 4.79 Å². The van der Waals surface area contributed by atoms with Crippen LogP contribution in [0.3, 0.4) is 0 Å². The number of hydrogen-bond acceptors (Lipinski definition) is 3. The summed E-state index contributed by atoms with van der Waals surface area (Å²) in [4.78, 5) is 28.8. The molecule has 1 aromatic carbocycles. The third-order valence-electron chi connectivity index (χ3n) is 2.59. The van der Waals surface area contributed by atoms with E-state index in [4.69, 9.17) is 0 Å². The molecular weight excluding hydrogens is 252 g/mol. The van der Waals surface area contributed by atoms with Crippen LogP contribution < -0.4 is 5.69 Å².